The van der Waals surface area contributed by atoms with Gasteiger partial charge in [0.15, 0.2) is 5.78 Å². The predicted molar refractivity (Wildman–Crippen MR) is 116 cm³/mol. The molecule has 2 aromatic heterocycles. The lowest BCUT2D eigenvalue weighted by molar-refractivity contribution is -0.118. The summed E-state index contributed by atoms with van der Waals surface area (Å²) in [6.07, 6.45) is 0. The number of aromatic nitrogens is 1. The van der Waals surface area contributed by atoms with Crippen LogP contribution < -0.4 is 10.9 Å². The number of fused-ring (bicyclic) bond motifs is 1. The Morgan fingerprint density at radius 1 is 1.16 bits per heavy atom. The zero-order valence-electron chi connectivity index (χ0n) is 18.1. The van der Waals surface area contributed by atoms with E-state index in [1.54, 1.807) is 26.0 Å². The molecular weight excluding hydrogens is 400 g/mol. The predicted octanol–water partition coefficient (Wildman–Crippen LogP) is 3.79. The molecule has 1 atom stereocenters. The van der Waals surface area contributed by atoms with Crippen LogP contribution in [0.3, 0.4) is 0 Å². The molecule has 3 rings (SSSR count). The molecule has 0 aliphatic heterocycles. The number of anilines is 1. The number of aryl methyl sites for hydroxylation is 2. The third-order valence-corrected chi connectivity index (χ3v) is 5.09. The maximum atomic E-state index is 13.0. The molecule has 0 aliphatic carbocycles. The highest BCUT2D eigenvalue weighted by molar-refractivity contribution is 6.11. The van der Waals surface area contributed by atoms with Gasteiger partial charge in [0.25, 0.3) is 5.56 Å². The number of carbonyl (C=O) groups excluding carboxylic acids is 3. The van der Waals surface area contributed by atoms with Crippen LogP contribution in [0.15, 0.2) is 39.5 Å². The molecule has 0 aliphatic rings. The first kappa shape index (κ1) is 22.0. The standard InChI is InChI=1S/C23H24N2O6/c1-6-30-23(29)20-19(14(4)26)15(5)31-22(20)24-21(28)13(3)25-17-10-8-7-9-16(17)12(2)11-18(25)27/h7-11,13H,6H2,1-5H3,(H,24,28). The van der Waals surface area contributed by atoms with E-state index in [9.17, 15) is 19.2 Å². The van der Waals surface area contributed by atoms with Gasteiger partial charge in [-0.15, -0.1) is 0 Å². The van der Waals surface area contributed by atoms with Crippen LogP contribution in [-0.2, 0) is 9.53 Å². The molecule has 0 saturated heterocycles. The first-order valence-electron chi connectivity index (χ1n) is 9.90. The number of pyridine rings is 1. The minimum Gasteiger partial charge on any atom is -0.462 e. The van der Waals surface area contributed by atoms with Crippen molar-refractivity contribution >= 4 is 34.4 Å². The summed E-state index contributed by atoms with van der Waals surface area (Å²) < 4.78 is 11.9. The second-order valence-corrected chi connectivity index (χ2v) is 7.23. The zero-order chi connectivity index (χ0) is 22.9. The molecule has 0 saturated carbocycles. The highest BCUT2D eigenvalue weighted by Gasteiger charge is 2.30. The quantitative estimate of drug-likeness (QED) is 0.476. The highest BCUT2D eigenvalue weighted by Crippen LogP contribution is 2.29. The number of hydrogen-bond acceptors (Lipinski definition) is 6. The molecule has 1 amide bonds. The molecular formula is C23H24N2O6. The summed E-state index contributed by atoms with van der Waals surface area (Å²) >= 11 is 0. The van der Waals surface area contributed by atoms with Crippen molar-refractivity contribution in [3.8, 4) is 0 Å². The molecule has 0 bridgehead atoms. The molecule has 0 fully saturated rings. The monoisotopic (exact) mass is 424 g/mol. The number of ketones is 1. The summed E-state index contributed by atoms with van der Waals surface area (Å²) in [5.41, 5.74) is 1.01. The van der Waals surface area contributed by atoms with Crippen LogP contribution in [0.4, 0.5) is 5.88 Å². The van der Waals surface area contributed by atoms with Crippen molar-refractivity contribution in [1.82, 2.24) is 4.57 Å². The van der Waals surface area contributed by atoms with Gasteiger partial charge in [0.05, 0.1) is 17.7 Å². The Morgan fingerprint density at radius 3 is 2.48 bits per heavy atom. The number of para-hydroxylation sites is 1. The van der Waals surface area contributed by atoms with Gasteiger partial charge in [-0.05, 0) is 46.2 Å². The fourth-order valence-electron chi connectivity index (χ4n) is 3.66. The van der Waals surface area contributed by atoms with E-state index >= 15 is 0 Å². The topological polar surface area (TPSA) is 108 Å². The van der Waals surface area contributed by atoms with Crippen LogP contribution in [-0.4, -0.2) is 28.8 Å². The van der Waals surface area contributed by atoms with E-state index in [2.05, 4.69) is 5.32 Å². The van der Waals surface area contributed by atoms with Crippen molar-refractivity contribution in [1.29, 1.82) is 0 Å². The van der Waals surface area contributed by atoms with Gasteiger partial charge in [-0.3, -0.25) is 24.3 Å². The van der Waals surface area contributed by atoms with E-state index in [4.69, 9.17) is 9.15 Å². The second kappa shape index (κ2) is 8.59. The lowest BCUT2D eigenvalue weighted by Crippen LogP contribution is -2.32. The first-order valence-corrected chi connectivity index (χ1v) is 9.90. The normalized spacial score (nSPS) is 11.9. The van der Waals surface area contributed by atoms with Crippen molar-refractivity contribution in [3.05, 3.63) is 63.1 Å². The van der Waals surface area contributed by atoms with Crippen molar-refractivity contribution in [2.24, 2.45) is 0 Å². The van der Waals surface area contributed by atoms with Gasteiger partial charge in [-0.2, -0.15) is 0 Å². The van der Waals surface area contributed by atoms with E-state index in [1.165, 1.54) is 24.5 Å². The number of ether oxygens (including phenoxy) is 1. The number of esters is 1. The van der Waals surface area contributed by atoms with Crippen LogP contribution in [0.2, 0.25) is 0 Å². The van der Waals surface area contributed by atoms with Crippen molar-refractivity contribution < 1.29 is 23.5 Å². The van der Waals surface area contributed by atoms with Gasteiger partial charge in [0.1, 0.15) is 17.4 Å². The lowest BCUT2D eigenvalue weighted by Gasteiger charge is -2.18. The molecule has 1 aromatic carbocycles. The first-order chi connectivity index (χ1) is 14.7. The Bertz CT molecular complexity index is 1250. The maximum Gasteiger partial charge on any atom is 0.344 e. The number of nitrogens with one attached hydrogen (secondary N) is 1. The van der Waals surface area contributed by atoms with Gasteiger partial charge in [0.2, 0.25) is 11.8 Å². The lowest BCUT2D eigenvalue weighted by atomic mass is 10.1. The second-order valence-electron chi connectivity index (χ2n) is 7.23. The third kappa shape index (κ3) is 4.01. The van der Waals surface area contributed by atoms with E-state index in [0.29, 0.717) is 5.52 Å². The smallest absolute Gasteiger partial charge is 0.344 e. The van der Waals surface area contributed by atoms with Crippen LogP contribution in [0.5, 0.6) is 0 Å². The maximum absolute atomic E-state index is 13.0. The summed E-state index contributed by atoms with van der Waals surface area (Å²) in [6.45, 7) is 7.95. The van der Waals surface area contributed by atoms with Gasteiger partial charge in [0, 0.05) is 11.5 Å². The van der Waals surface area contributed by atoms with Gasteiger partial charge < -0.3 is 9.15 Å². The molecule has 0 radical (unpaired) electrons. The van der Waals surface area contributed by atoms with Crippen molar-refractivity contribution in [2.45, 2.75) is 40.7 Å². The van der Waals surface area contributed by atoms with Gasteiger partial charge in [-0.1, -0.05) is 18.2 Å². The summed E-state index contributed by atoms with van der Waals surface area (Å²) in [6, 6.07) is 7.84. The number of amides is 1. The molecule has 2 heterocycles. The molecule has 1 unspecified atom stereocenters. The number of benzene rings is 1. The average molecular weight is 424 g/mol. The zero-order valence-corrected chi connectivity index (χ0v) is 18.1. The molecule has 3 aromatic rings. The SMILES string of the molecule is CCOC(=O)c1c(NC(=O)C(C)n2c(=O)cc(C)c3ccccc32)oc(C)c1C(C)=O. The highest BCUT2D eigenvalue weighted by atomic mass is 16.5. The largest absolute Gasteiger partial charge is 0.462 e. The Balaban J connectivity index is 2.04. The summed E-state index contributed by atoms with van der Waals surface area (Å²) in [4.78, 5) is 50.2. The Hall–Kier alpha value is -3.68. The number of rotatable bonds is 6. The van der Waals surface area contributed by atoms with Crippen LogP contribution in [0, 0.1) is 13.8 Å². The minimum atomic E-state index is -0.917. The number of furan rings is 1. The molecule has 162 valence electrons. The van der Waals surface area contributed by atoms with Crippen molar-refractivity contribution in [2.75, 3.05) is 11.9 Å². The summed E-state index contributed by atoms with van der Waals surface area (Å²) in [7, 11) is 0. The average Bonchev–Trinajstić information content (AvgIpc) is 3.04. The Labute approximate surface area is 178 Å². The summed E-state index contributed by atoms with van der Waals surface area (Å²) in [5.74, 6) is -1.73. The molecule has 1 N–H and O–H groups in total. The van der Waals surface area contributed by atoms with Crippen LogP contribution in [0.25, 0.3) is 10.9 Å². The number of Topliss-reactive ketones (excluding diaryl/α,β-unsaturated/α-hetero) is 1. The number of hydrogen-bond donors (Lipinski definition) is 1. The Morgan fingerprint density at radius 2 is 1.84 bits per heavy atom. The van der Waals surface area contributed by atoms with E-state index in [0.717, 1.165) is 10.9 Å². The van der Waals surface area contributed by atoms with Crippen LogP contribution in [0.1, 0.15) is 58.9 Å². The molecule has 8 nitrogen and oxygen atoms in total. The van der Waals surface area contributed by atoms with Crippen molar-refractivity contribution in [3.63, 3.8) is 0 Å². The van der Waals surface area contributed by atoms with Gasteiger partial charge in [-0.25, -0.2) is 4.79 Å². The van der Waals surface area contributed by atoms with E-state index in [-0.39, 0.29) is 34.9 Å². The third-order valence-electron chi connectivity index (χ3n) is 5.09. The Kier molecular flexibility index (Phi) is 6.10. The molecule has 8 heteroatoms. The molecule has 31 heavy (non-hydrogen) atoms. The summed E-state index contributed by atoms with van der Waals surface area (Å²) in [5, 5.41) is 3.40. The number of nitrogens with zero attached hydrogens (tertiary/aromatic N) is 1. The minimum absolute atomic E-state index is 0.0550. The fraction of sp³-hybridized carbons (Fsp3) is 0.304. The van der Waals surface area contributed by atoms with E-state index in [1.807, 2.05) is 19.1 Å². The fourth-order valence-corrected chi connectivity index (χ4v) is 3.66. The van der Waals surface area contributed by atoms with Crippen LogP contribution >= 0.6 is 0 Å². The van der Waals surface area contributed by atoms with E-state index < -0.39 is 23.7 Å². The number of carbonyl (C=O) groups is 3. The molecule has 0 spiro atoms. The van der Waals surface area contributed by atoms with Gasteiger partial charge >= 0.3 is 5.97 Å².